The second-order valence-electron chi connectivity index (χ2n) is 8.89. The molecule has 3 saturated heterocycles. The summed E-state index contributed by atoms with van der Waals surface area (Å²) >= 11 is 0. The van der Waals surface area contributed by atoms with Crippen LogP contribution in [-0.2, 0) is 4.74 Å². The second-order valence-corrected chi connectivity index (χ2v) is 8.89. The van der Waals surface area contributed by atoms with Crippen LogP contribution in [-0.4, -0.2) is 120 Å². The minimum absolute atomic E-state index is 0.638. The van der Waals surface area contributed by atoms with Gasteiger partial charge in [0.2, 0.25) is 0 Å². The number of likely N-dealkylation sites (tertiary alicyclic amines) is 1. The van der Waals surface area contributed by atoms with Crippen LogP contribution in [0.15, 0.2) is 29.3 Å². The van der Waals surface area contributed by atoms with Crippen molar-refractivity contribution in [1.82, 2.24) is 20.0 Å². The van der Waals surface area contributed by atoms with Crippen LogP contribution in [0.5, 0.6) is 5.75 Å². The molecule has 0 aliphatic carbocycles. The number of hydrogen-bond donors (Lipinski definition) is 1. The predicted molar refractivity (Wildman–Crippen MR) is 130 cm³/mol. The zero-order valence-corrected chi connectivity index (χ0v) is 19.8. The molecule has 3 fully saturated rings. The number of nitrogens with one attached hydrogen (secondary N) is 1. The molecule has 1 aromatic carbocycles. The maximum atomic E-state index is 5.50. The summed E-state index contributed by atoms with van der Waals surface area (Å²) in [5.41, 5.74) is 1.29. The van der Waals surface area contributed by atoms with Gasteiger partial charge in [-0.2, -0.15) is 0 Å². The zero-order chi connectivity index (χ0) is 22.2. The van der Waals surface area contributed by atoms with Crippen LogP contribution in [0.3, 0.4) is 0 Å². The molecule has 8 nitrogen and oxygen atoms in total. The number of piperazine rings is 1. The molecule has 3 aliphatic heterocycles. The van der Waals surface area contributed by atoms with E-state index in [0.717, 1.165) is 96.8 Å². The number of benzene rings is 1. The van der Waals surface area contributed by atoms with Gasteiger partial charge in [-0.15, -0.1) is 0 Å². The number of morpholine rings is 1. The predicted octanol–water partition coefficient (Wildman–Crippen LogP) is 1.19. The van der Waals surface area contributed by atoms with Gasteiger partial charge >= 0.3 is 0 Å². The van der Waals surface area contributed by atoms with Gasteiger partial charge in [-0.25, -0.2) is 0 Å². The molecule has 0 bridgehead atoms. The molecule has 0 amide bonds. The fourth-order valence-corrected chi connectivity index (χ4v) is 5.03. The van der Waals surface area contributed by atoms with Crippen LogP contribution < -0.4 is 15.0 Å². The molecule has 0 spiro atoms. The molecule has 1 aromatic rings. The SMILES string of the molecule is CN=C(NCCCN1CCN(c2ccc(OC)cc2)CC1)N1CCC(N2CCOCC2)C1. The summed E-state index contributed by atoms with van der Waals surface area (Å²) in [6, 6.07) is 9.05. The van der Waals surface area contributed by atoms with Crippen molar-refractivity contribution in [2.24, 2.45) is 4.99 Å². The first-order chi connectivity index (χ1) is 15.8. The summed E-state index contributed by atoms with van der Waals surface area (Å²) in [6.07, 6.45) is 2.36. The largest absolute Gasteiger partial charge is 0.497 e. The van der Waals surface area contributed by atoms with E-state index >= 15 is 0 Å². The van der Waals surface area contributed by atoms with Crippen LogP contribution in [0.1, 0.15) is 12.8 Å². The van der Waals surface area contributed by atoms with E-state index in [9.17, 15) is 0 Å². The Morgan fingerprint density at radius 3 is 2.50 bits per heavy atom. The molecule has 0 radical (unpaired) electrons. The summed E-state index contributed by atoms with van der Waals surface area (Å²) < 4.78 is 10.8. The molecule has 4 rings (SSSR count). The Morgan fingerprint density at radius 2 is 1.81 bits per heavy atom. The van der Waals surface area contributed by atoms with Gasteiger partial charge in [-0.1, -0.05) is 0 Å². The Bertz CT molecular complexity index is 714. The van der Waals surface area contributed by atoms with E-state index in [0.29, 0.717) is 6.04 Å². The van der Waals surface area contributed by atoms with Crippen LogP contribution >= 0.6 is 0 Å². The van der Waals surface area contributed by atoms with Gasteiger partial charge in [0.05, 0.1) is 20.3 Å². The van der Waals surface area contributed by atoms with E-state index in [1.54, 1.807) is 7.11 Å². The first-order valence-electron chi connectivity index (χ1n) is 12.2. The summed E-state index contributed by atoms with van der Waals surface area (Å²) in [5, 5.41) is 3.60. The Hall–Kier alpha value is -2.03. The van der Waals surface area contributed by atoms with E-state index in [-0.39, 0.29) is 0 Å². The molecule has 3 heterocycles. The molecule has 1 unspecified atom stereocenters. The van der Waals surface area contributed by atoms with Crippen molar-refractivity contribution in [3.05, 3.63) is 24.3 Å². The van der Waals surface area contributed by atoms with Gasteiger partial charge in [0, 0.05) is 77.7 Å². The van der Waals surface area contributed by atoms with Crippen LogP contribution in [0.25, 0.3) is 0 Å². The Morgan fingerprint density at radius 1 is 1.06 bits per heavy atom. The second kappa shape index (κ2) is 11.7. The average molecular weight is 445 g/mol. The fraction of sp³-hybridized carbons (Fsp3) is 0.708. The van der Waals surface area contributed by atoms with E-state index in [2.05, 4.69) is 42.0 Å². The van der Waals surface area contributed by atoms with Crippen LogP contribution in [0.4, 0.5) is 5.69 Å². The first kappa shape index (κ1) is 23.1. The van der Waals surface area contributed by atoms with Gasteiger partial charge in [0.15, 0.2) is 5.96 Å². The number of guanidine groups is 1. The van der Waals surface area contributed by atoms with Crippen molar-refractivity contribution in [2.75, 3.05) is 97.7 Å². The van der Waals surface area contributed by atoms with Crippen molar-refractivity contribution >= 4 is 11.6 Å². The number of nitrogens with zero attached hydrogens (tertiary/aromatic N) is 5. The molecule has 8 heteroatoms. The topological polar surface area (TPSA) is 55.8 Å². The lowest BCUT2D eigenvalue weighted by molar-refractivity contribution is 0.0195. The minimum atomic E-state index is 0.638. The molecule has 0 saturated carbocycles. The van der Waals surface area contributed by atoms with Crippen molar-refractivity contribution in [2.45, 2.75) is 18.9 Å². The summed E-state index contributed by atoms with van der Waals surface area (Å²) in [6.45, 7) is 12.6. The third-order valence-electron chi connectivity index (χ3n) is 6.98. The maximum Gasteiger partial charge on any atom is 0.193 e. The molecule has 1 N–H and O–H groups in total. The number of aliphatic imine (C=N–C) groups is 1. The maximum absolute atomic E-state index is 5.50. The first-order valence-corrected chi connectivity index (χ1v) is 12.2. The van der Waals surface area contributed by atoms with Gasteiger partial charge in [0.1, 0.15) is 5.75 Å². The van der Waals surface area contributed by atoms with E-state index in [1.807, 2.05) is 19.2 Å². The normalized spacial score (nSPS) is 23.6. The lowest BCUT2D eigenvalue weighted by Gasteiger charge is -2.36. The lowest BCUT2D eigenvalue weighted by atomic mass is 10.2. The molecular weight excluding hydrogens is 404 g/mol. The van der Waals surface area contributed by atoms with E-state index in [1.165, 1.54) is 12.1 Å². The van der Waals surface area contributed by atoms with Crippen molar-refractivity contribution in [3.8, 4) is 5.75 Å². The lowest BCUT2D eigenvalue weighted by Crippen LogP contribution is -2.48. The zero-order valence-electron chi connectivity index (χ0n) is 19.8. The van der Waals surface area contributed by atoms with Crippen molar-refractivity contribution in [3.63, 3.8) is 0 Å². The Balaban J connectivity index is 1.12. The van der Waals surface area contributed by atoms with Crippen molar-refractivity contribution in [1.29, 1.82) is 0 Å². The van der Waals surface area contributed by atoms with Crippen molar-refractivity contribution < 1.29 is 9.47 Å². The molecular formula is C24H40N6O2. The third kappa shape index (κ3) is 6.05. The van der Waals surface area contributed by atoms with E-state index in [4.69, 9.17) is 9.47 Å². The molecule has 32 heavy (non-hydrogen) atoms. The highest BCUT2D eigenvalue weighted by Crippen LogP contribution is 2.20. The summed E-state index contributed by atoms with van der Waals surface area (Å²) in [4.78, 5) is 14.6. The summed E-state index contributed by atoms with van der Waals surface area (Å²) in [5.74, 6) is 1.98. The van der Waals surface area contributed by atoms with Gasteiger partial charge in [-0.3, -0.25) is 14.8 Å². The fourth-order valence-electron chi connectivity index (χ4n) is 5.03. The number of ether oxygens (including phenoxy) is 2. The smallest absolute Gasteiger partial charge is 0.193 e. The number of methoxy groups -OCH3 is 1. The highest BCUT2D eigenvalue weighted by atomic mass is 16.5. The van der Waals surface area contributed by atoms with E-state index < -0.39 is 0 Å². The minimum Gasteiger partial charge on any atom is -0.497 e. The molecule has 178 valence electrons. The number of anilines is 1. The van der Waals surface area contributed by atoms with Gasteiger partial charge < -0.3 is 24.6 Å². The Kier molecular flexibility index (Phi) is 8.48. The quantitative estimate of drug-likeness (QED) is 0.385. The summed E-state index contributed by atoms with van der Waals surface area (Å²) in [7, 11) is 3.62. The van der Waals surface area contributed by atoms with Gasteiger partial charge in [0.25, 0.3) is 0 Å². The monoisotopic (exact) mass is 444 g/mol. The molecule has 3 aliphatic rings. The third-order valence-corrected chi connectivity index (χ3v) is 6.98. The average Bonchev–Trinajstić information content (AvgIpc) is 3.35. The molecule has 0 aromatic heterocycles. The number of rotatable bonds is 7. The standard InChI is InChI=1S/C24H40N6O2/c1-25-24(30-11-8-22(20-30)29-16-18-32-19-17-29)26-9-3-10-27-12-14-28(15-13-27)21-4-6-23(31-2)7-5-21/h4-7,22H,3,8-20H2,1-2H3,(H,25,26). The van der Waals surface area contributed by atoms with Crippen LogP contribution in [0, 0.1) is 0 Å². The Labute approximate surface area is 193 Å². The highest BCUT2D eigenvalue weighted by molar-refractivity contribution is 5.80. The van der Waals surface area contributed by atoms with Gasteiger partial charge in [-0.05, 0) is 43.7 Å². The number of hydrogen-bond acceptors (Lipinski definition) is 6. The van der Waals surface area contributed by atoms with Crippen LogP contribution in [0.2, 0.25) is 0 Å². The molecule has 1 atom stereocenters. The highest BCUT2D eigenvalue weighted by Gasteiger charge is 2.30.